The Hall–Kier alpha value is -5.38. The highest BCUT2D eigenvalue weighted by atomic mass is 32.1. The number of furan rings is 1. The fourth-order valence-electron chi connectivity index (χ4n) is 7.34. The number of para-hydroxylation sites is 3. The second-order valence-electron chi connectivity index (χ2n) is 12.0. The van der Waals surface area contributed by atoms with E-state index in [0.717, 1.165) is 45.9 Å². The van der Waals surface area contributed by atoms with Gasteiger partial charge in [-0.25, -0.2) is 0 Å². The molecule has 212 valence electrons. The third kappa shape index (κ3) is 3.68. The van der Waals surface area contributed by atoms with E-state index in [4.69, 9.17) is 4.42 Å². The Morgan fingerprint density at radius 3 is 2.16 bits per heavy atom. The second-order valence-corrected chi connectivity index (χ2v) is 13.1. The van der Waals surface area contributed by atoms with Crippen molar-refractivity contribution in [1.82, 2.24) is 4.57 Å². The maximum Gasteiger partial charge on any atom is 0.143 e. The molecule has 6 aromatic carbocycles. The van der Waals surface area contributed by atoms with Gasteiger partial charge in [-0.1, -0.05) is 115 Å². The van der Waals surface area contributed by atoms with Crippen LogP contribution in [-0.2, 0) is 6.42 Å². The maximum absolute atomic E-state index is 6.31. The lowest BCUT2D eigenvalue weighted by Gasteiger charge is -2.11. The maximum atomic E-state index is 6.31. The van der Waals surface area contributed by atoms with Crippen LogP contribution in [0.15, 0.2) is 138 Å². The fraction of sp³-hybridized carbons (Fsp3) is 0.0476. The molecule has 9 aromatic rings. The van der Waals surface area contributed by atoms with Gasteiger partial charge in [-0.05, 0) is 59.4 Å². The Kier molecular flexibility index (Phi) is 5.31. The van der Waals surface area contributed by atoms with Crippen molar-refractivity contribution in [2.24, 2.45) is 0 Å². The molecule has 0 unspecified atom stereocenters. The average Bonchev–Trinajstić information content (AvgIpc) is 3.78. The fourth-order valence-corrected chi connectivity index (χ4v) is 8.68. The molecular weight excluding hydrogens is 567 g/mol. The third-order valence-corrected chi connectivity index (χ3v) is 10.8. The van der Waals surface area contributed by atoms with Gasteiger partial charge in [0, 0.05) is 43.1 Å². The number of hydrogen-bond donors (Lipinski definition) is 0. The van der Waals surface area contributed by atoms with E-state index in [9.17, 15) is 0 Å². The first kappa shape index (κ1) is 25.0. The molecular formula is C42H27NOS. The molecule has 0 amide bonds. The number of fused-ring (bicyclic) bond motifs is 10. The van der Waals surface area contributed by atoms with E-state index in [1.54, 1.807) is 0 Å². The zero-order valence-electron chi connectivity index (χ0n) is 24.5. The minimum absolute atomic E-state index is 0.927. The normalized spacial score (nSPS) is 13.1. The van der Waals surface area contributed by atoms with Crippen LogP contribution in [0.3, 0.4) is 0 Å². The number of thiophene rings is 1. The van der Waals surface area contributed by atoms with Gasteiger partial charge in [-0.15, -0.1) is 11.3 Å². The van der Waals surface area contributed by atoms with Crippen LogP contribution >= 0.6 is 11.3 Å². The Morgan fingerprint density at radius 2 is 1.29 bits per heavy atom. The largest absolute Gasteiger partial charge is 0.455 e. The molecule has 3 heterocycles. The quantitative estimate of drug-likeness (QED) is 0.199. The highest BCUT2D eigenvalue weighted by Gasteiger charge is 2.20. The first-order valence-electron chi connectivity index (χ1n) is 15.6. The van der Waals surface area contributed by atoms with Crippen molar-refractivity contribution < 1.29 is 4.42 Å². The van der Waals surface area contributed by atoms with E-state index in [-0.39, 0.29) is 0 Å². The van der Waals surface area contributed by atoms with Gasteiger partial charge in [0.15, 0.2) is 0 Å². The van der Waals surface area contributed by atoms with Gasteiger partial charge < -0.3 is 8.98 Å². The van der Waals surface area contributed by atoms with Crippen molar-refractivity contribution in [2.75, 3.05) is 0 Å². The first-order chi connectivity index (χ1) is 22.3. The summed E-state index contributed by atoms with van der Waals surface area (Å²) in [5, 5.41) is 6.31. The molecule has 0 N–H and O–H groups in total. The van der Waals surface area contributed by atoms with Crippen LogP contribution in [0.5, 0.6) is 0 Å². The molecule has 1 aliphatic rings. The van der Waals surface area contributed by atoms with Gasteiger partial charge in [0.05, 0.1) is 15.7 Å². The van der Waals surface area contributed by atoms with Crippen LogP contribution in [0.1, 0.15) is 16.9 Å². The third-order valence-electron chi connectivity index (χ3n) is 9.49. The van der Waals surface area contributed by atoms with Crippen molar-refractivity contribution >= 4 is 71.2 Å². The van der Waals surface area contributed by atoms with E-state index < -0.39 is 0 Å². The molecule has 0 saturated carbocycles. The predicted molar refractivity (Wildman–Crippen MR) is 192 cm³/mol. The number of rotatable bonds is 3. The van der Waals surface area contributed by atoms with Crippen LogP contribution in [0.2, 0.25) is 0 Å². The monoisotopic (exact) mass is 593 g/mol. The van der Waals surface area contributed by atoms with E-state index in [2.05, 4.69) is 132 Å². The van der Waals surface area contributed by atoms with Crippen molar-refractivity contribution in [1.29, 1.82) is 0 Å². The molecule has 0 radical (unpaired) electrons. The predicted octanol–water partition coefficient (Wildman–Crippen LogP) is 12.2. The lowest BCUT2D eigenvalue weighted by molar-refractivity contribution is 0.670. The molecule has 10 rings (SSSR count). The lowest BCUT2D eigenvalue weighted by Crippen LogP contribution is -1.94. The Balaban J connectivity index is 1.07. The van der Waals surface area contributed by atoms with Crippen LogP contribution in [-0.4, -0.2) is 4.57 Å². The molecule has 0 spiro atoms. The molecule has 45 heavy (non-hydrogen) atoms. The molecule has 3 aromatic heterocycles. The number of aryl methyl sites for hydroxylation is 1. The standard InChI is InChI=1S/C42H27NOS/c1-4-13-37-31(8-1)34-24-25-36-33-10-3-6-15-39(33)45-42(36)40(34)43(37)29-22-20-27(21-23-29)26-16-18-28(19-17-26)30-11-7-12-35-32-9-2-5-14-38(32)44-41(30)35/h1-5,7-14,16-25H,6,15H2. The summed E-state index contributed by atoms with van der Waals surface area (Å²) in [5.41, 5.74) is 11.7. The molecule has 2 nitrogen and oxygen atoms in total. The van der Waals surface area contributed by atoms with Crippen molar-refractivity contribution in [2.45, 2.75) is 12.8 Å². The van der Waals surface area contributed by atoms with Crippen molar-refractivity contribution in [3.8, 4) is 27.9 Å². The Morgan fingerprint density at radius 1 is 0.578 bits per heavy atom. The Bertz CT molecular complexity index is 2630. The van der Waals surface area contributed by atoms with Gasteiger partial charge in [0.2, 0.25) is 0 Å². The summed E-state index contributed by atoms with van der Waals surface area (Å²) in [6.45, 7) is 0. The van der Waals surface area contributed by atoms with Gasteiger partial charge in [-0.2, -0.15) is 0 Å². The number of aromatic nitrogens is 1. The SMILES string of the molecule is C1=Cc2c(sc3c2ccc2c4ccccc4n(-c4ccc(-c5ccc(-c6cccc7c6oc6ccccc67)cc5)cc4)c23)CC1. The summed E-state index contributed by atoms with van der Waals surface area (Å²) in [7, 11) is 0. The molecule has 0 bridgehead atoms. The van der Waals surface area contributed by atoms with Gasteiger partial charge >= 0.3 is 0 Å². The van der Waals surface area contributed by atoms with Gasteiger partial charge in [-0.3, -0.25) is 0 Å². The van der Waals surface area contributed by atoms with Gasteiger partial charge in [0.25, 0.3) is 0 Å². The van der Waals surface area contributed by atoms with E-state index in [0.29, 0.717) is 0 Å². The number of nitrogens with zero attached hydrogens (tertiary/aromatic N) is 1. The van der Waals surface area contributed by atoms with E-state index >= 15 is 0 Å². The Labute approximate surface area is 264 Å². The van der Waals surface area contributed by atoms with Crippen molar-refractivity contribution in [3.63, 3.8) is 0 Å². The summed E-state index contributed by atoms with van der Waals surface area (Å²) >= 11 is 1.98. The highest BCUT2D eigenvalue weighted by Crippen LogP contribution is 2.44. The summed E-state index contributed by atoms with van der Waals surface area (Å²) in [6, 6.07) is 46.1. The first-order valence-corrected chi connectivity index (χ1v) is 16.4. The summed E-state index contributed by atoms with van der Waals surface area (Å²) in [6.07, 6.45) is 6.91. The molecule has 0 atom stereocenters. The minimum Gasteiger partial charge on any atom is -0.455 e. The zero-order valence-corrected chi connectivity index (χ0v) is 25.3. The van der Waals surface area contributed by atoms with Crippen LogP contribution in [0.4, 0.5) is 0 Å². The van der Waals surface area contributed by atoms with Gasteiger partial charge in [0.1, 0.15) is 11.2 Å². The highest BCUT2D eigenvalue weighted by molar-refractivity contribution is 7.20. The second kappa shape index (κ2) is 9.56. The molecule has 0 aliphatic heterocycles. The van der Waals surface area contributed by atoms with Crippen molar-refractivity contribution in [3.05, 3.63) is 144 Å². The van der Waals surface area contributed by atoms with E-state index in [1.807, 2.05) is 23.5 Å². The zero-order chi connectivity index (χ0) is 29.5. The topological polar surface area (TPSA) is 18.1 Å². The number of benzene rings is 6. The number of hydrogen-bond acceptors (Lipinski definition) is 2. The van der Waals surface area contributed by atoms with Crippen LogP contribution in [0.25, 0.3) is 87.8 Å². The number of allylic oxidation sites excluding steroid dienone is 1. The lowest BCUT2D eigenvalue weighted by atomic mass is 9.98. The summed E-state index contributed by atoms with van der Waals surface area (Å²) in [5.74, 6) is 0. The molecule has 0 saturated heterocycles. The summed E-state index contributed by atoms with van der Waals surface area (Å²) in [4.78, 5) is 1.51. The smallest absolute Gasteiger partial charge is 0.143 e. The summed E-state index contributed by atoms with van der Waals surface area (Å²) < 4.78 is 10.2. The minimum atomic E-state index is 0.927. The molecule has 3 heteroatoms. The molecule has 0 fully saturated rings. The molecule has 1 aliphatic carbocycles. The van der Waals surface area contributed by atoms with Crippen LogP contribution < -0.4 is 0 Å². The van der Waals surface area contributed by atoms with Crippen LogP contribution in [0, 0.1) is 0 Å². The average molecular weight is 594 g/mol. The van der Waals surface area contributed by atoms with E-state index in [1.165, 1.54) is 59.1 Å².